The average molecular weight is 295 g/mol. The third-order valence-corrected chi connectivity index (χ3v) is 2.81. The van der Waals surface area contributed by atoms with E-state index in [4.69, 9.17) is 11.2 Å². The van der Waals surface area contributed by atoms with Gasteiger partial charge in [-0.25, -0.2) is 8.78 Å². The smallest absolute Gasteiger partial charge is 0.270 e. The number of ether oxygens (including phenoxy) is 1. The van der Waals surface area contributed by atoms with Crippen molar-refractivity contribution in [3.63, 3.8) is 0 Å². The summed E-state index contributed by atoms with van der Waals surface area (Å²) in [5.74, 6) is -0.809. The monoisotopic (exact) mass is 295 g/mol. The minimum atomic E-state index is -2.94. The molecule has 0 saturated carbocycles. The normalized spacial score (nSPS) is 11.0. The Hall–Kier alpha value is -1.93. The highest BCUT2D eigenvalue weighted by atomic mass is 19.3. The van der Waals surface area contributed by atoms with Gasteiger partial charge in [-0.2, -0.15) is 0 Å². The van der Waals surface area contributed by atoms with Crippen LogP contribution in [0.1, 0.15) is 30.9 Å². The van der Waals surface area contributed by atoms with Crippen LogP contribution < -0.4 is 5.32 Å². The van der Waals surface area contributed by atoms with Crippen molar-refractivity contribution in [3.8, 4) is 12.3 Å². The van der Waals surface area contributed by atoms with Gasteiger partial charge in [0.1, 0.15) is 6.61 Å². The maximum Gasteiger partial charge on any atom is 0.270 e. The van der Waals surface area contributed by atoms with E-state index < -0.39 is 5.92 Å². The lowest BCUT2D eigenvalue weighted by Gasteiger charge is -2.16. The molecule has 0 atom stereocenters. The molecule has 0 fully saturated rings. The van der Waals surface area contributed by atoms with Gasteiger partial charge in [0.25, 0.3) is 5.92 Å². The second kappa shape index (κ2) is 8.38. The SMILES string of the molecule is C#CCCCOCC(=O)NCc1ccccc1C(C)(F)F. The van der Waals surface area contributed by atoms with E-state index in [0.29, 0.717) is 25.0 Å². The van der Waals surface area contributed by atoms with Crippen LogP contribution in [0.25, 0.3) is 0 Å². The number of amides is 1. The number of hydrogen-bond donors (Lipinski definition) is 1. The first-order chi connectivity index (χ1) is 9.95. The standard InChI is InChI=1S/C16H19F2NO2/c1-3-4-7-10-21-12-15(20)19-11-13-8-5-6-9-14(13)16(2,17)18/h1,5-6,8-9H,4,7,10-12H2,2H3,(H,19,20). The number of hydrogen-bond acceptors (Lipinski definition) is 2. The van der Waals surface area contributed by atoms with Gasteiger partial charge in [0.05, 0.1) is 0 Å². The fourth-order valence-corrected chi connectivity index (χ4v) is 1.79. The molecule has 0 saturated heterocycles. The fraction of sp³-hybridized carbons (Fsp3) is 0.438. The van der Waals surface area contributed by atoms with Crippen molar-refractivity contribution in [3.05, 3.63) is 35.4 Å². The number of unbranched alkanes of at least 4 members (excludes halogenated alkanes) is 1. The molecular formula is C16H19F2NO2. The van der Waals surface area contributed by atoms with E-state index in [-0.39, 0.29) is 24.6 Å². The van der Waals surface area contributed by atoms with Crippen molar-refractivity contribution in [2.45, 2.75) is 32.2 Å². The second-order valence-corrected chi connectivity index (χ2v) is 4.68. The summed E-state index contributed by atoms with van der Waals surface area (Å²) in [6, 6.07) is 6.14. The summed E-state index contributed by atoms with van der Waals surface area (Å²) in [5, 5.41) is 2.56. The average Bonchev–Trinajstić information content (AvgIpc) is 2.44. The molecule has 1 N–H and O–H groups in total. The molecule has 114 valence electrons. The fourth-order valence-electron chi connectivity index (χ4n) is 1.79. The van der Waals surface area contributed by atoms with Gasteiger partial charge in [-0.05, 0) is 12.0 Å². The highest BCUT2D eigenvalue weighted by Crippen LogP contribution is 2.29. The molecule has 0 aliphatic carbocycles. The number of rotatable bonds is 8. The summed E-state index contributed by atoms with van der Waals surface area (Å²) in [7, 11) is 0. The summed E-state index contributed by atoms with van der Waals surface area (Å²) in [4.78, 5) is 11.5. The Kier molecular flexibility index (Phi) is 6.83. The van der Waals surface area contributed by atoms with Crippen LogP contribution in [0.2, 0.25) is 0 Å². The summed E-state index contributed by atoms with van der Waals surface area (Å²) < 4.78 is 31.9. The number of terminal acetylenes is 1. The molecule has 0 unspecified atom stereocenters. The molecule has 0 aliphatic rings. The van der Waals surface area contributed by atoms with Gasteiger partial charge in [0.2, 0.25) is 5.91 Å². The largest absolute Gasteiger partial charge is 0.372 e. The van der Waals surface area contributed by atoms with Crippen molar-refractivity contribution < 1.29 is 18.3 Å². The first-order valence-electron chi connectivity index (χ1n) is 6.69. The van der Waals surface area contributed by atoms with Gasteiger partial charge in [-0.1, -0.05) is 24.3 Å². The minimum Gasteiger partial charge on any atom is -0.372 e. The van der Waals surface area contributed by atoms with Crippen LogP contribution in [0.15, 0.2) is 24.3 Å². The van der Waals surface area contributed by atoms with Crippen molar-refractivity contribution in [1.29, 1.82) is 0 Å². The predicted molar refractivity (Wildman–Crippen MR) is 76.7 cm³/mol. The van der Waals surface area contributed by atoms with Gasteiger partial charge >= 0.3 is 0 Å². The van der Waals surface area contributed by atoms with E-state index in [1.807, 2.05) is 0 Å². The number of halogens is 2. The molecule has 0 bridgehead atoms. The van der Waals surface area contributed by atoms with Gasteiger partial charge < -0.3 is 10.1 Å². The highest BCUT2D eigenvalue weighted by Gasteiger charge is 2.26. The predicted octanol–water partition coefficient (Wildman–Crippen LogP) is 2.84. The molecule has 0 aliphatic heterocycles. The molecule has 0 heterocycles. The zero-order valence-electron chi connectivity index (χ0n) is 12.0. The van der Waals surface area contributed by atoms with Crippen LogP contribution in [-0.4, -0.2) is 19.1 Å². The topological polar surface area (TPSA) is 38.3 Å². The molecular weight excluding hydrogens is 276 g/mol. The third kappa shape index (κ3) is 6.37. The third-order valence-electron chi connectivity index (χ3n) is 2.81. The number of nitrogens with one attached hydrogen (secondary N) is 1. The Morgan fingerprint density at radius 1 is 1.43 bits per heavy atom. The summed E-state index contributed by atoms with van der Waals surface area (Å²) >= 11 is 0. The Morgan fingerprint density at radius 2 is 2.14 bits per heavy atom. The molecule has 1 amide bonds. The summed E-state index contributed by atoms with van der Waals surface area (Å²) in [6.07, 6.45) is 6.37. The lowest BCUT2D eigenvalue weighted by Crippen LogP contribution is -2.28. The van der Waals surface area contributed by atoms with Crippen molar-refractivity contribution in [2.24, 2.45) is 0 Å². The quantitative estimate of drug-likeness (QED) is 0.591. The molecule has 0 aromatic heterocycles. The van der Waals surface area contributed by atoms with Gasteiger partial charge in [0, 0.05) is 32.1 Å². The molecule has 3 nitrogen and oxygen atoms in total. The van der Waals surface area contributed by atoms with Crippen LogP contribution in [0.3, 0.4) is 0 Å². The minimum absolute atomic E-state index is 0.0478. The maximum atomic E-state index is 13.4. The van der Waals surface area contributed by atoms with Crippen LogP contribution in [0.5, 0.6) is 0 Å². The zero-order valence-corrected chi connectivity index (χ0v) is 12.0. The van der Waals surface area contributed by atoms with E-state index in [1.54, 1.807) is 18.2 Å². The molecule has 1 aromatic rings. The Labute approximate surface area is 123 Å². The van der Waals surface area contributed by atoms with Crippen LogP contribution in [0.4, 0.5) is 8.78 Å². The van der Waals surface area contributed by atoms with Crippen LogP contribution in [-0.2, 0) is 22.0 Å². The van der Waals surface area contributed by atoms with Crippen LogP contribution >= 0.6 is 0 Å². The molecule has 1 rings (SSSR count). The van der Waals surface area contributed by atoms with Crippen molar-refractivity contribution >= 4 is 5.91 Å². The van der Waals surface area contributed by atoms with E-state index in [9.17, 15) is 13.6 Å². The summed E-state index contributed by atoms with van der Waals surface area (Å²) in [6.45, 7) is 1.19. The Morgan fingerprint density at radius 3 is 2.81 bits per heavy atom. The van der Waals surface area contributed by atoms with Gasteiger partial charge in [-0.15, -0.1) is 12.3 Å². The Bertz CT molecular complexity index is 504. The second-order valence-electron chi connectivity index (χ2n) is 4.68. The summed E-state index contributed by atoms with van der Waals surface area (Å²) in [5.41, 5.74) is 0.311. The van der Waals surface area contributed by atoms with Crippen LogP contribution in [0, 0.1) is 12.3 Å². The molecule has 1 aromatic carbocycles. The molecule has 21 heavy (non-hydrogen) atoms. The highest BCUT2D eigenvalue weighted by molar-refractivity contribution is 5.77. The van der Waals surface area contributed by atoms with E-state index in [2.05, 4.69) is 11.2 Å². The van der Waals surface area contributed by atoms with E-state index >= 15 is 0 Å². The van der Waals surface area contributed by atoms with E-state index in [1.165, 1.54) is 6.07 Å². The number of alkyl halides is 2. The maximum absolute atomic E-state index is 13.4. The first-order valence-corrected chi connectivity index (χ1v) is 6.69. The molecule has 0 spiro atoms. The molecule has 5 heteroatoms. The van der Waals surface area contributed by atoms with E-state index in [0.717, 1.165) is 6.92 Å². The molecule has 0 radical (unpaired) electrons. The van der Waals surface area contributed by atoms with Crippen molar-refractivity contribution in [1.82, 2.24) is 5.32 Å². The zero-order chi connectivity index (χ0) is 15.7. The lowest BCUT2D eigenvalue weighted by molar-refractivity contribution is -0.125. The van der Waals surface area contributed by atoms with Gasteiger partial charge in [-0.3, -0.25) is 4.79 Å². The number of benzene rings is 1. The van der Waals surface area contributed by atoms with Gasteiger partial charge in [0.15, 0.2) is 0 Å². The number of carbonyl (C=O) groups excluding carboxylic acids is 1. The number of carbonyl (C=O) groups is 1. The Balaban J connectivity index is 2.42. The lowest BCUT2D eigenvalue weighted by atomic mass is 10.0. The first kappa shape index (κ1) is 17.1. The van der Waals surface area contributed by atoms with Crippen molar-refractivity contribution in [2.75, 3.05) is 13.2 Å².